The summed E-state index contributed by atoms with van der Waals surface area (Å²) in [5.74, 6) is 0. The maximum atomic E-state index is 6.01. The van der Waals surface area contributed by atoms with Crippen LogP contribution in [0.15, 0.2) is 28.7 Å². The molecule has 0 spiro atoms. The van der Waals surface area contributed by atoms with E-state index in [0.29, 0.717) is 0 Å². The number of hydrogen-bond acceptors (Lipinski definition) is 1. The average Bonchev–Trinajstić information content (AvgIpc) is 2.67. The fourth-order valence-corrected chi connectivity index (χ4v) is 1.84. The summed E-state index contributed by atoms with van der Waals surface area (Å²) < 4.78 is 1.14. The van der Waals surface area contributed by atoms with E-state index in [9.17, 15) is 0 Å². The Morgan fingerprint density at radius 3 is 2.75 bits per heavy atom. The van der Waals surface area contributed by atoms with Crippen molar-refractivity contribution >= 4 is 15.9 Å². The first-order valence-corrected chi connectivity index (χ1v) is 5.01. The zero-order valence-electron chi connectivity index (χ0n) is 6.89. The second-order valence-electron chi connectivity index (χ2n) is 3.67. The molecule has 1 aromatic carbocycles. The summed E-state index contributed by atoms with van der Waals surface area (Å²) in [6.07, 6.45) is 3.38. The first-order valence-electron chi connectivity index (χ1n) is 4.21. The lowest BCUT2D eigenvalue weighted by molar-refractivity contribution is 0.672. The van der Waals surface area contributed by atoms with Gasteiger partial charge in [0.1, 0.15) is 0 Å². The molecule has 0 atom stereocenters. The topological polar surface area (TPSA) is 26.0 Å². The highest BCUT2D eigenvalue weighted by molar-refractivity contribution is 9.10. The maximum absolute atomic E-state index is 6.01. The first kappa shape index (κ1) is 8.27. The van der Waals surface area contributed by atoms with Gasteiger partial charge in [-0.15, -0.1) is 0 Å². The fraction of sp³-hybridized carbons (Fsp3) is 0.400. The first-order chi connectivity index (χ1) is 5.68. The van der Waals surface area contributed by atoms with Crippen LogP contribution in [-0.2, 0) is 6.42 Å². The minimum absolute atomic E-state index is 0.126. The molecule has 0 bridgehead atoms. The van der Waals surface area contributed by atoms with Gasteiger partial charge in [-0.3, -0.25) is 0 Å². The van der Waals surface area contributed by atoms with Crippen molar-refractivity contribution in [3.8, 4) is 0 Å². The van der Waals surface area contributed by atoms with Gasteiger partial charge in [0.05, 0.1) is 0 Å². The molecule has 0 aliphatic heterocycles. The number of hydrogen-bond donors (Lipinski definition) is 1. The number of benzene rings is 1. The molecule has 0 amide bonds. The van der Waals surface area contributed by atoms with Crippen molar-refractivity contribution in [1.29, 1.82) is 0 Å². The van der Waals surface area contributed by atoms with Gasteiger partial charge in [-0.1, -0.05) is 28.1 Å². The van der Waals surface area contributed by atoms with Crippen molar-refractivity contribution in [1.82, 2.24) is 0 Å². The Kier molecular flexibility index (Phi) is 1.97. The quantitative estimate of drug-likeness (QED) is 0.823. The van der Waals surface area contributed by atoms with Gasteiger partial charge in [0.15, 0.2) is 0 Å². The predicted octanol–water partition coefficient (Wildman–Crippen LogP) is 2.48. The van der Waals surface area contributed by atoms with E-state index in [-0.39, 0.29) is 5.54 Å². The lowest BCUT2D eigenvalue weighted by Gasteiger charge is -2.07. The largest absolute Gasteiger partial charge is 0.325 e. The summed E-state index contributed by atoms with van der Waals surface area (Å²) in [6, 6.07) is 8.38. The Morgan fingerprint density at radius 1 is 1.42 bits per heavy atom. The Bertz CT molecular complexity index is 292. The molecule has 1 aromatic rings. The van der Waals surface area contributed by atoms with Crippen molar-refractivity contribution in [3.63, 3.8) is 0 Å². The highest BCUT2D eigenvalue weighted by Gasteiger charge is 2.37. The zero-order chi connectivity index (χ0) is 8.60. The van der Waals surface area contributed by atoms with Crippen LogP contribution < -0.4 is 5.73 Å². The molecule has 2 rings (SSSR count). The Labute approximate surface area is 81.1 Å². The Morgan fingerprint density at radius 2 is 2.17 bits per heavy atom. The van der Waals surface area contributed by atoms with E-state index >= 15 is 0 Å². The summed E-state index contributed by atoms with van der Waals surface area (Å²) in [5, 5.41) is 0. The molecule has 0 aromatic heterocycles. The van der Waals surface area contributed by atoms with Gasteiger partial charge >= 0.3 is 0 Å². The van der Waals surface area contributed by atoms with Crippen LogP contribution in [0.5, 0.6) is 0 Å². The van der Waals surface area contributed by atoms with Gasteiger partial charge in [0.2, 0.25) is 0 Å². The van der Waals surface area contributed by atoms with Gasteiger partial charge in [0, 0.05) is 10.0 Å². The summed E-state index contributed by atoms with van der Waals surface area (Å²) in [6.45, 7) is 0. The number of halogens is 1. The molecule has 0 saturated heterocycles. The molecule has 12 heavy (non-hydrogen) atoms. The summed E-state index contributed by atoms with van der Waals surface area (Å²) in [4.78, 5) is 0. The van der Waals surface area contributed by atoms with Crippen LogP contribution in [0.2, 0.25) is 0 Å². The molecular formula is C10H12BrN. The molecule has 0 radical (unpaired) electrons. The van der Waals surface area contributed by atoms with Gasteiger partial charge in [-0.05, 0) is 37.0 Å². The average molecular weight is 226 g/mol. The van der Waals surface area contributed by atoms with E-state index < -0.39 is 0 Å². The van der Waals surface area contributed by atoms with Crippen molar-refractivity contribution < 1.29 is 0 Å². The molecule has 0 unspecified atom stereocenters. The molecule has 2 heteroatoms. The summed E-state index contributed by atoms with van der Waals surface area (Å²) in [5.41, 5.74) is 7.48. The lowest BCUT2D eigenvalue weighted by Crippen LogP contribution is -2.24. The van der Waals surface area contributed by atoms with E-state index in [1.54, 1.807) is 0 Å². The molecule has 2 N–H and O–H groups in total. The van der Waals surface area contributed by atoms with E-state index in [0.717, 1.165) is 10.9 Å². The molecule has 1 saturated carbocycles. The highest BCUT2D eigenvalue weighted by Crippen LogP contribution is 2.35. The normalized spacial score (nSPS) is 19.2. The minimum atomic E-state index is 0.126. The van der Waals surface area contributed by atoms with Gasteiger partial charge in [-0.25, -0.2) is 0 Å². The SMILES string of the molecule is NC1(Cc2cccc(Br)c2)CC1. The minimum Gasteiger partial charge on any atom is -0.325 e. The summed E-state index contributed by atoms with van der Waals surface area (Å²) >= 11 is 3.45. The predicted molar refractivity (Wildman–Crippen MR) is 54.0 cm³/mol. The van der Waals surface area contributed by atoms with E-state index in [1.807, 2.05) is 6.07 Å². The number of nitrogens with two attached hydrogens (primary N) is 1. The van der Waals surface area contributed by atoms with Crippen LogP contribution >= 0.6 is 15.9 Å². The van der Waals surface area contributed by atoms with Crippen molar-refractivity contribution in [2.75, 3.05) is 0 Å². The molecular weight excluding hydrogens is 214 g/mol. The molecule has 1 nitrogen and oxygen atoms in total. The Balaban J connectivity index is 2.12. The van der Waals surface area contributed by atoms with E-state index in [1.165, 1.54) is 18.4 Å². The molecule has 64 valence electrons. The van der Waals surface area contributed by atoms with Gasteiger partial charge in [0.25, 0.3) is 0 Å². The highest BCUT2D eigenvalue weighted by atomic mass is 79.9. The molecule has 0 heterocycles. The molecule has 1 fully saturated rings. The van der Waals surface area contributed by atoms with E-state index in [4.69, 9.17) is 5.73 Å². The van der Waals surface area contributed by atoms with Gasteiger partial charge in [-0.2, -0.15) is 0 Å². The lowest BCUT2D eigenvalue weighted by atomic mass is 10.1. The maximum Gasteiger partial charge on any atom is 0.0196 e. The van der Waals surface area contributed by atoms with Gasteiger partial charge < -0.3 is 5.73 Å². The second kappa shape index (κ2) is 2.86. The number of rotatable bonds is 2. The van der Waals surface area contributed by atoms with Crippen LogP contribution in [-0.4, -0.2) is 5.54 Å². The van der Waals surface area contributed by atoms with Crippen molar-refractivity contribution in [3.05, 3.63) is 34.3 Å². The molecule has 1 aliphatic rings. The third-order valence-corrected chi connectivity index (χ3v) is 2.83. The monoisotopic (exact) mass is 225 g/mol. The third kappa shape index (κ3) is 1.87. The van der Waals surface area contributed by atoms with Crippen LogP contribution in [0.4, 0.5) is 0 Å². The second-order valence-corrected chi connectivity index (χ2v) is 4.58. The summed E-state index contributed by atoms with van der Waals surface area (Å²) in [7, 11) is 0. The van der Waals surface area contributed by atoms with Crippen LogP contribution in [0, 0.1) is 0 Å². The Hall–Kier alpha value is -0.340. The van der Waals surface area contributed by atoms with Crippen LogP contribution in [0.25, 0.3) is 0 Å². The standard InChI is InChI=1S/C10H12BrN/c11-9-3-1-2-8(6-9)7-10(12)4-5-10/h1-3,6H,4-5,7,12H2. The van der Waals surface area contributed by atoms with Crippen LogP contribution in [0.1, 0.15) is 18.4 Å². The third-order valence-electron chi connectivity index (χ3n) is 2.34. The fourth-order valence-electron chi connectivity index (χ4n) is 1.39. The van der Waals surface area contributed by atoms with Crippen molar-refractivity contribution in [2.45, 2.75) is 24.8 Å². The molecule has 1 aliphatic carbocycles. The van der Waals surface area contributed by atoms with Crippen LogP contribution in [0.3, 0.4) is 0 Å². The zero-order valence-corrected chi connectivity index (χ0v) is 8.47. The van der Waals surface area contributed by atoms with E-state index in [2.05, 4.69) is 34.1 Å². The smallest absolute Gasteiger partial charge is 0.0196 e. The van der Waals surface area contributed by atoms with Crippen molar-refractivity contribution in [2.24, 2.45) is 5.73 Å².